The van der Waals surface area contributed by atoms with Crippen molar-refractivity contribution in [3.05, 3.63) is 28.2 Å². The van der Waals surface area contributed by atoms with Crippen molar-refractivity contribution >= 4 is 27.6 Å². The van der Waals surface area contributed by atoms with Crippen molar-refractivity contribution < 1.29 is 22.7 Å². The summed E-state index contributed by atoms with van der Waals surface area (Å²) in [5.74, 6) is -0.431. The second-order valence-electron chi connectivity index (χ2n) is 4.22. The summed E-state index contributed by atoms with van der Waals surface area (Å²) in [5.41, 5.74) is -0.379. The van der Waals surface area contributed by atoms with E-state index in [1.54, 1.807) is 11.0 Å². The Labute approximate surface area is 116 Å². The standard InChI is InChI=1S/C12H11BrF3NO2/c1-19-11(18)10-2-3-17(10)9-5-7(12(14,15)16)4-8(13)6-9/h4-6,10H,2-3H2,1H3. The van der Waals surface area contributed by atoms with Gasteiger partial charge in [0.15, 0.2) is 0 Å². The fourth-order valence-electron chi connectivity index (χ4n) is 1.98. The van der Waals surface area contributed by atoms with E-state index in [0.717, 1.165) is 12.1 Å². The largest absolute Gasteiger partial charge is 0.467 e. The average Bonchev–Trinajstić information content (AvgIpc) is 2.25. The molecule has 1 fully saturated rings. The molecule has 1 aromatic carbocycles. The van der Waals surface area contributed by atoms with Crippen LogP contribution in [0, 0.1) is 0 Å². The summed E-state index contributed by atoms with van der Waals surface area (Å²) < 4.78 is 43.1. The third-order valence-electron chi connectivity index (χ3n) is 3.03. The van der Waals surface area contributed by atoms with Gasteiger partial charge in [-0.1, -0.05) is 15.9 Å². The maximum atomic E-state index is 12.7. The van der Waals surface area contributed by atoms with E-state index < -0.39 is 23.8 Å². The summed E-state index contributed by atoms with van der Waals surface area (Å²) in [6, 6.07) is 3.11. The topological polar surface area (TPSA) is 29.5 Å². The predicted octanol–water partition coefficient (Wildman–Crippen LogP) is 3.22. The molecule has 0 saturated carbocycles. The molecule has 0 spiro atoms. The number of rotatable bonds is 2. The molecule has 0 amide bonds. The van der Waals surface area contributed by atoms with Gasteiger partial charge in [-0.3, -0.25) is 0 Å². The minimum Gasteiger partial charge on any atom is -0.467 e. The summed E-state index contributed by atoms with van der Waals surface area (Å²) in [5, 5.41) is 0. The highest BCUT2D eigenvalue weighted by Crippen LogP contribution is 2.36. The van der Waals surface area contributed by atoms with Crippen LogP contribution in [0.4, 0.5) is 18.9 Å². The van der Waals surface area contributed by atoms with E-state index in [1.165, 1.54) is 7.11 Å². The number of esters is 1. The SMILES string of the molecule is COC(=O)C1CCN1c1cc(Br)cc(C(F)(F)F)c1. The van der Waals surface area contributed by atoms with Crippen LogP contribution in [-0.2, 0) is 15.7 Å². The van der Waals surface area contributed by atoms with Crippen molar-refractivity contribution in [2.75, 3.05) is 18.6 Å². The van der Waals surface area contributed by atoms with Crippen LogP contribution in [0.2, 0.25) is 0 Å². The molecule has 1 heterocycles. The third-order valence-corrected chi connectivity index (χ3v) is 3.49. The first-order chi connectivity index (χ1) is 8.82. The van der Waals surface area contributed by atoms with Gasteiger partial charge in [-0.2, -0.15) is 13.2 Å². The number of ether oxygens (including phenoxy) is 1. The maximum Gasteiger partial charge on any atom is 0.416 e. The Balaban J connectivity index is 2.31. The lowest BCUT2D eigenvalue weighted by Crippen LogP contribution is -2.53. The molecule has 19 heavy (non-hydrogen) atoms. The second-order valence-corrected chi connectivity index (χ2v) is 5.13. The molecule has 0 aromatic heterocycles. The van der Waals surface area contributed by atoms with Gasteiger partial charge < -0.3 is 9.64 Å². The van der Waals surface area contributed by atoms with Crippen molar-refractivity contribution in [3.8, 4) is 0 Å². The Morgan fingerprint density at radius 3 is 2.58 bits per heavy atom. The summed E-state index contributed by atoms with van der Waals surface area (Å²) in [6.45, 7) is 0.535. The number of anilines is 1. The van der Waals surface area contributed by atoms with Gasteiger partial charge in [0.1, 0.15) is 6.04 Å². The number of halogens is 4. The number of methoxy groups -OCH3 is 1. The number of alkyl halides is 3. The van der Waals surface area contributed by atoms with Gasteiger partial charge in [0.05, 0.1) is 12.7 Å². The van der Waals surface area contributed by atoms with Gasteiger partial charge in [-0.25, -0.2) is 4.79 Å². The van der Waals surface area contributed by atoms with E-state index in [2.05, 4.69) is 20.7 Å². The van der Waals surface area contributed by atoms with Crippen molar-refractivity contribution in [1.82, 2.24) is 0 Å². The molecule has 1 atom stereocenters. The quantitative estimate of drug-likeness (QED) is 0.776. The molecule has 1 aromatic rings. The van der Waals surface area contributed by atoms with E-state index >= 15 is 0 Å². The first kappa shape index (κ1) is 14.2. The van der Waals surface area contributed by atoms with Gasteiger partial charge in [-0.05, 0) is 24.6 Å². The van der Waals surface area contributed by atoms with Crippen LogP contribution in [-0.4, -0.2) is 25.7 Å². The first-order valence-electron chi connectivity index (χ1n) is 5.55. The van der Waals surface area contributed by atoms with E-state index in [4.69, 9.17) is 0 Å². The van der Waals surface area contributed by atoms with Gasteiger partial charge in [-0.15, -0.1) is 0 Å². The van der Waals surface area contributed by atoms with Gasteiger partial charge in [0.25, 0.3) is 0 Å². The number of benzene rings is 1. The fourth-order valence-corrected chi connectivity index (χ4v) is 2.46. The number of carbonyl (C=O) groups excluding carboxylic acids is 1. The summed E-state index contributed by atoms with van der Waals surface area (Å²) >= 11 is 3.06. The lowest BCUT2D eigenvalue weighted by molar-refractivity contribution is -0.143. The fraction of sp³-hybridized carbons (Fsp3) is 0.417. The van der Waals surface area contributed by atoms with Crippen molar-refractivity contribution in [1.29, 1.82) is 0 Å². The normalized spacial score (nSPS) is 19.0. The molecular weight excluding hydrogens is 327 g/mol. The van der Waals surface area contributed by atoms with Crippen LogP contribution in [0.5, 0.6) is 0 Å². The van der Waals surface area contributed by atoms with Crippen LogP contribution in [0.3, 0.4) is 0 Å². The van der Waals surface area contributed by atoms with Crippen molar-refractivity contribution in [2.45, 2.75) is 18.6 Å². The molecule has 3 nitrogen and oxygen atoms in total. The van der Waals surface area contributed by atoms with Crippen LogP contribution in [0.25, 0.3) is 0 Å². The Morgan fingerprint density at radius 1 is 1.42 bits per heavy atom. The zero-order valence-electron chi connectivity index (χ0n) is 10.00. The average molecular weight is 338 g/mol. The van der Waals surface area contributed by atoms with Crippen LogP contribution < -0.4 is 4.90 Å². The molecule has 0 N–H and O–H groups in total. The Bertz CT molecular complexity index is 504. The monoisotopic (exact) mass is 337 g/mol. The van der Waals surface area contributed by atoms with Crippen molar-refractivity contribution in [2.24, 2.45) is 0 Å². The minimum atomic E-state index is -4.41. The van der Waals surface area contributed by atoms with Gasteiger partial charge in [0.2, 0.25) is 0 Å². The van der Waals surface area contributed by atoms with Gasteiger partial charge in [0, 0.05) is 16.7 Å². The Morgan fingerprint density at radius 2 is 2.11 bits per heavy atom. The number of carbonyl (C=O) groups is 1. The predicted molar refractivity (Wildman–Crippen MR) is 66.9 cm³/mol. The van der Waals surface area contributed by atoms with Crippen LogP contribution in [0.1, 0.15) is 12.0 Å². The zero-order chi connectivity index (χ0) is 14.2. The lowest BCUT2D eigenvalue weighted by Gasteiger charge is -2.41. The molecule has 1 aliphatic rings. The van der Waals surface area contributed by atoms with Crippen molar-refractivity contribution in [3.63, 3.8) is 0 Å². The third kappa shape index (κ3) is 2.86. The molecule has 0 bridgehead atoms. The highest BCUT2D eigenvalue weighted by atomic mass is 79.9. The smallest absolute Gasteiger partial charge is 0.416 e. The minimum absolute atomic E-state index is 0.327. The molecule has 1 unspecified atom stereocenters. The second kappa shape index (κ2) is 5.03. The van der Waals surface area contributed by atoms with Crippen LogP contribution >= 0.6 is 15.9 Å². The molecule has 0 aliphatic carbocycles. The van der Waals surface area contributed by atoms with Crippen LogP contribution in [0.15, 0.2) is 22.7 Å². The maximum absolute atomic E-state index is 12.7. The molecule has 0 radical (unpaired) electrons. The highest BCUT2D eigenvalue weighted by molar-refractivity contribution is 9.10. The Kier molecular flexibility index (Phi) is 3.75. The lowest BCUT2D eigenvalue weighted by atomic mass is 10.0. The number of hydrogen-bond acceptors (Lipinski definition) is 3. The number of hydrogen-bond donors (Lipinski definition) is 0. The zero-order valence-corrected chi connectivity index (χ0v) is 11.6. The Hall–Kier alpha value is -1.24. The van der Waals surface area contributed by atoms with E-state index in [1.807, 2.05) is 0 Å². The molecular formula is C12H11BrF3NO2. The molecule has 104 valence electrons. The molecule has 1 saturated heterocycles. The molecule has 1 aliphatic heterocycles. The van der Waals surface area contributed by atoms with E-state index in [0.29, 0.717) is 23.1 Å². The molecule has 7 heteroatoms. The molecule has 2 rings (SSSR count). The highest BCUT2D eigenvalue weighted by Gasteiger charge is 2.37. The van der Waals surface area contributed by atoms with E-state index in [-0.39, 0.29) is 0 Å². The summed E-state index contributed by atoms with van der Waals surface area (Å²) in [6.07, 6.45) is -3.83. The number of nitrogens with zero attached hydrogens (tertiary/aromatic N) is 1. The summed E-state index contributed by atoms with van der Waals surface area (Å²) in [7, 11) is 1.26. The summed E-state index contributed by atoms with van der Waals surface area (Å²) in [4.78, 5) is 13.0. The van der Waals surface area contributed by atoms with Gasteiger partial charge >= 0.3 is 12.1 Å². The van der Waals surface area contributed by atoms with E-state index in [9.17, 15) is 18.0 Å². The first-order valence-corrected chi connectivity index (χ1v) is 6.34.